The third kappa shape index (κ3) is 5.06. The van der Waals surface area contributed by atoms with Crippen molar-refractivity contribution in [2.45, 2.75) is 32.4 Å². The van der Waals surface area contributed by atoms with Gasteiger partial charge in [-0.1, -0.05) is 17.7 Å². The van der Waals surface area contributed by atoms with Gasteiger partial charge in [0.05, 0.1) is 5.56 Å². The van der Waals surface area contributed by atoms with Gasteiger partial charge in [-0.05, 0) is 38.3 Å². The predicted molar refractivity (Wildman–Crippen MR) is 98.5 cm³/mol. The van der Waals surface area contributed by atoms with Gasteiger partial charge in [-0.15, -0.1) is 0 Å². The molecule has 0 unspecified atom stereocenters. The summed E-state index contributed by atoms with van der Waals surface area (Å²) in [7, 11) is 0. The lowest BCUT2D eigenvalue weighted by Gasteiger charge is -2.19. The molecule has 1 aliphatic rings. The molecular weight excluding hydrogens is 396 g/mol. The van der Waals surface area contributed by atoms with E-state index in [4.69, 9.17) is 0 Å². The summed E-state index contributed by atoms with van der Waals surface area (Å²) in [6.45, 7) is 2.68. The number of hydrogen-bond acceptors (Lipinski definition) is 4. The Kier molecular flexibility index (Phi) is 5.97. The average molecular weight is 414 g/mol. The predicted octanol–water partition coefficient (Wildman–Crippen LogP) is 5.11. The van der Waals surface area contributed by atoms with Crippen molar-refractivity contribution in [2.24, 2.45) is 0 Å². The van der Waals surface area contributed by atoms with Crippen LogP contribution in [0.4, 0.5) is 27.5 Å². The number of carbonyl (C=O) groups is 1. The number of hydrogen-bond donors (Lipinski definition) is 1. The fourth-order valence-corrected chi connectivity index (χ4v) is 3.48. The Morgan fingerprint density at radius 2 is 2.07 bits per heavy atom. The Morgan fingerprint density at radius 1 is 1.29 bits per heavy atom. The van der Waals surface area contributed by atoms with Gasteiger partial charge in [-0.2, -0.15) is 17.5 Å². The number of alkyl halides is 3. The Hall–Kier alpha value is -2.49. The highest BCUT2D eigenvalue weighted by Crippen LogP contribution is 2.31. The molecule has 150 valence electrons. The van der Waals surface area contributed by atoms with E-state index >= 15 is 0 Å². The molecule has 1 N–H and O–H groups in total. The highest BCUT2D eigenvalue weighted by Gasteiger charge is 2.31. The molecule has 5 nitrogen and oxygen atoms in total. The lowest BCUT2D eigenvalue weighted by atomic mass is 10.0. The van der Waals surface area contributed by atoms with Gasteiger partial charge in [0.1, 0.15) is 11.6 Å². The molecule has 1 saturated heterocycles. The minimum Gasteiger partial charge on any atom is -0.324 e. The topological polar surface area (TPSA) is 58.1 Å². The Labute approximate surface area is 163 Å². The van der Waals surface area contributed by atoms with Gasteiger partial charge in [0.2, 0.25) is 5.13 Å². The van der Waals surface area contributed by atoms with Crippen LogP contribution in [0.5, 0.6) is 0 Å². The largest absolute Gasteiger partial charge is 0.416 e. The first kappa shape index (κ1) is 20.2. The van der Waals surface area contributed by atoms with Gasteiger partial charge in [-0.3, -0.25) is 5.32 Å². The number of aryl methyl sites for hydroxylation is 1. The number of likely N-dealkylation sites (tertiary alicyclic amines) is 1. The molecule has 3 rings (SSSR count). The Morgan fingerprint density at radius 3 is 2.71 bits per heavy atom. The van der Waals surface area contributed by atoms with Gasteiger partial charge in [-0.25, -0.2) is 14.2 Å². The molecule has 1 aromatic carbocycles. The molecule has 28 heavy (non-hydrogen) atoms. The lowest BCUT2D eigenvalue weighted by molar-refractivity contribution is -0.137. The summed E-state index contributed by atoms with van der Waals surface area (Å²) in [6, 6.07) is 2.24. The standard InChI is InChI=1S/C18H18F4N4OS/c1-11-23-16(28-25-11)24-17(27)26-7-2-3-12(6-8-26)9-13-4-5-14(10-15(13)19)18(20,21)22/h4-5,9-10H,2-3,6-8H2,1H3,(H,23,24,25,27). The number of nitrogens with zero attached hydrogens (tertiary/aromatic N) is 3. The first-order valence-corrected chi connectivity index (χ1v) is 9.42. The van der Waals surface area contributed by atoms with E-state index in [1.807, 2.05) is 0 Å². The third-order valence-corrected chi connectivity index (χ3v) is 5.07. The summed E-state index contributed by atoms with van der Waals surface area (Å²) in [4.78, 5) is 18.1. The van der Waals surface area contributed by atoms with E-state index in [1.54, 1.807) is 17.9 Å². The van der Waals surface area contributed by atoms with E-state index in [2.05, 4.69) is 14.7 Å². The van der Waals surface area contributed by atoms with Crippen LogP contribution >= 0.6 is 11.5 Å². The second kappa shape index (κ2) is 8.26. The quantitative estimate of drug-likeness (QED) is 0.695. The molecular formula is C18H18F4N4OS. The van der Waals surface area contributed by atoms with Crippen LogP contribution in [0, 0.1) is 12.7 Å². The number of nitrogens with one attached hydrogen (secondary N) is 1. The number of halogens is 4. The van der Waals surface area contributed by atoms with E-state index in [9.17, 15) is 22.4 Å². The molecule has 0 spiro atoms. The zero-order chi connectivity index (χ0) is 20.3. The van der Waals surface area contributed by atoms with Crippen molar-refractivity contribution >= 4 is 28.8 Å². The first-order chi connectivity index (χ1) is 13.2. The number of anilines is 1. The SMILES string of the molecule is Cc1nsc(NC(=O)N2CCCC(=Cc3ccc(C(F)(F)F)cc3F)CC2)n1. The van der Waals surface area contributed by atoms with Crippen LogP contribution in [-0.2, 0) is 6.18 Å². The summed E-state index contributed by atoms with van der Waals surface area (Å²) in [5.41, 5.74) is -0.00580. The zero-order valence-corrected chi connectivity index (χ0v) is 15.8. The zero-order valence-electron chi connectivity index (χ0n) is 15.0. The second-order valence-corrected chi connectivity index (χ2v) is 7.21. The van der Waals surface area contributed by atoms with Crippen molar-refractivity contribution in [3.05, 3.63) is 46.5 Å². The van der Waals surface area contributed by atoms with E-state index in [1.165, 1.54) is 0 Å². The van der Waals surface area contributed by atoms with Crippen molar-refractivity contribution in [3.63, 3.8) is 0 Å². The maximum Gasteiger partial charge on any atom is 0.416 e. The molecule has 1 aromatic heterocycles. The minimum atomic E-state index is -4.58. The number of aromatic nitrogens is 2. The highest BCUT2D eigenvalue weighted by molar-refractivity contribution is 7.09. The van der Waals surface area contributed by atoms with Crippen molar-refractivity contribution in [3.8, 4) is 0 Å². The van der Waals surface area contributed by atoms with E-state index in [-0.39, 0.29) is 11.6 Å². The van der Waals surface area contributed by atoms with Crippen LogP contribution in [0.2, 0.25) is 0 Å². The molecule has 10 heteroatoms. The summed E-state index contributed by atoms with van der Waals surface area (Å²) in [6.07, 6.45) is -1.17. The van der Waals surface area contributed by atoms with Crippen molar-refractivity contribution < 1.29 is 22.4 Å². The fourth-order valence-electron chi connectivity index (χ4n) is 2.92. The summed E-state index contributed by atoms with van der Waals surface area (Å²) < 4.78 is 56.0. The normalized spacial score (nSPS) is 16.9. The summed E-state index contributed by atoms with van der Waals surface area (Å²) in [5.74, 6) is -0.326. The highest BCUT2D eigenvalue weighted by atomic mass is 32.1. The van der Waals surface area contributed by atoms with Crippen molar-refractivity contribution in [2.75, 3.05) is 18.4 Å². The molecule has 2 heterocycles. The van der Waals surface area contributed by atoms with Crippen LogP contribution < -0.4 is 5.32 Å². The number of benzene rings is 1. The maximum absolute atomic E-state index is 14.1. The molecule has 0 radical (unpaired) electrons. The average Bonchev–Trinajstić information content (AvgIpc) is 2.88. The van der Waals surface area contributed by atoms with Crippen LogP contribution in [0.3, 0.4) is 0 Å². The first-order valence-electron chi connectivity index (χ1n) is 8.65. The van der Waals surface area contributed by atoms with Crippen LogP contribution in [0.15, 0.2) is 23.8 Å². The van der Waals surface area contributed by atoms with Crippen molar-refractivity contribution in [1.82, 2.24) is 14.3 Å². The number of amides is 2. The summed E-state index contributed by atoms with van der Waals surface area (Å²) >= 11 is 1.10. The lowest BCUT2D eigenvalue weighted by Crippen LogP contribution is -2.35. The summed E-state index contributed by atoms with van der Waals surface area (Å²) in [5, 5.41) is 3.13. The van der Waals surface area contributed by atoms with Crippen LogP contribution in [0.1, 0.15) is 36.2 Å². The molecule has 0 saturated carbocycles. The molecule has 0 bridgehead atoms. The molecule has 2 aromatic rings. The molecule has 2 amide bonds. The van der Waals surface area contributed by atoms with Crippen molar-refractivity contribution in [1.29, 1.82) is 0 Å². The van der Waals surface area contributed by atoms with Gasteiger partial charge in [0.25, 0.3) is 0 Å². The molecule has 1 aliphatic heterocycles. The molecule has 0 atom stereocenters. The number of rotatable bonds is 2. The van der Waals surface area contributed by atoms with E-state index < -0.39 is 17.6 Å². The number of urea groups is 1. The van der Waals surface area contributed by atoms with E-state index in [0.717, 1.165) is 29.2 Å². The third-order valence-electron chi connectivity index (χ3n) is 4.34. The minimum absolute atomic E-state index is 0.116. The second-order valence-electron chi connectivity index (χ2n) is 6.45. The maximum atomic E-state index is 14.1. The fraction of sp³-hybridized carbons (Fsp3) is 0.389. The smallest absolute Gasteiger partial charge is 0.324 e. The molecule has 1 fully saturated rings. The Bertz CT molecular complexity index is 894. The monoisotopic (exact) mass is 414 g/mol. The number of carbonyl (C=O) groups excluding carboxylic acids is 1. The molecule has 0 aliphatic carbocycles. The van der Waals surface area contributed by atoms with Crippen LogP contribution in [-0.4, -0.2) is 33.4 Å². The Balaban J connectivity index is 1.65. The van der Waals surface area contributed by atoms with Gasteiger partial charge in [0.15, 0.2) is 0 Å². The van der Waals surface area contributed by atoms with E-state index in [0.29, 0.717) is 49.4 Å². The van der Waals surface area contributed by atoms with Gasteiger partial charge >= 0.3 is 12.2 Å². The van der Waals surface area contributed by atoms with Gasteiger partial charge in [0, 0.05) is 30.2 Å². The van der Waals surface area contributed by atoms with Crippen LogP contribution in [0.25, 0.3) is 6.08 Å². The van der Waals surface area contributed by atoms with Gasteiger partial charge < -0.3 is 4.90 Å².